The second-order valence-electron chi connectivity index (χ2n) is 13.7. The largest absolute Gasteiger partial charge is 0.227 e. The first-order valence-corrected chi connectivity index (χ1v) is 23.1. The smallest absolute Gasteiger partial charge is 0.214 e. The molecule has 0 aromatic rings. The van der Waals surface area contributed by atoms with Gasteiger partial charge in [0.05, 0.1) is 0 Å². The SMILES string of the molecule is CCCCCCCCCCCCCCCCCCNS(=O)(=O)CS(=O)(=O)NCCCCCCCCCCCCCCCCCC. The number of hydrogen-bond donors (Lipinski definition) is 2. The minimum absolute atomic E-state index is 0.315. The van der Waals surface area contributed by atoms with Crippen molar-refractivity contribution in [2.24, 2.45) is 0 Å². The van der Waals surface area contributed by atoms with Gasteiger partial charge in [-0.05, 0) is 12.8 Å². The summed E-state index contributed by atoms with van der Waals surface area (Å²) in [5, 5.41) is -0.877. The Bertz CT molecular complexity index is 737. The lowest BCUT2D eigenvalue weighted by atomic mass is 10.0. The zero-order chi connectivity index (χ0) is 33.2. The fourth-order valence-corrected chi connectivity index (χ4v) is 9.30. The Labute approximate surface area is 282 Å². The van der Waals surface area contributed by atoms with E-state index in [-0.39, 0.29) is 0 Å². The molecule has 6 nitrogen and oxygen atoms in total. The van der Waals surface area contributed by atoms with E-state index in [0.29, 0.717) is 13.1 Å². The van der Waals surface area contributed by atoms with Gasteiger partial charge in [-0.1, -0.05) is 206 Å². The monoisotopic (exact) mass is 679 g/mol. The molecule has 2 N–H and O–H groups in total. The van der Waals surface area contributed by atoms with Crippen molar-refractivity contribution in [2.45, 2.75) is 219 Å². The molecule has 0 aromatic heterocycles. The van der Waals surface area contributed by atoms with E-state index in [4.69, 9.17) is 0 Å². The molecule has 0 fully saturated rings. The average molecular weight is 679 g/mol. The van der Waals surface area contributed by atoms with Crippen LogP contribution in [-0.2, 0) is 20.0 Å². The molecule has 0 radical (unpaired) electrons. The van der Waals surface area contributed by atoms with Gasteiger partial charge in [-0.25, -0.2) is 26.3 Å². The first kappa shape index (κ1) is 44.8. The van der Waals surface area contributed by atoms with Crippen LogP contribution < -0.4 is 9.44 Å². The molecule has 0 heterocycles. The van der Waals surface area contributed by atoms with Crippen molar-refractivity contribution in [3.8, 4) is 0 Å². The van der Waals surface area contributed by atoms with Crippen LogP contribution >= 0.6 is 0 Å². The fourth-order valence-electron chi connectivity index (χ4n) is 6.09. The van der Waals surface area contributed by atoms with E-state index in [9.17, 15) is 16.8 Å². The summed E-state index contributed by atoms with van der Waals surface area (Å²) in [5.41, 5.74) is 0. The molecular weight excluding hydrogens is 601 g/mol. The van der Waals surface area contributed by atoms with Gasteiger partial charge in [-0.2, -0.15) is 0 Å². The third-order valence-electron chi connectivity index (χ3n) is 9.01. The number of nitrogens with one attached hydrogen (secondary N) is 2. The van der Waals surface area contributed by atoms with E-state index in [1.54, 1.807) is 0 Å². The van der Waals surface area contributed by atoms with E-state index in [1.807, 2.05) is 0 Å². The van der Waals surface area contributed by atoms with Gasteiger partial charge in [0.2, 0.25) is 20.0 Å². The number of sulfonamides is 2. The molecule has 8 heteroatoms. The minimum atomic E-state index is -3.83. The van der Waals surface area contributed by atoms with E-state index < -0.39 is 25.1 Å². The van der Waals surface area contributed by atoms with Crippen LogP contribution in [0.1, 0.15) is 219 Å². The Morgan fingerprint density at radius 1 is 0.289 bits per heavy atom. The van der Waals surface area contributed by atoms with E-state index in [1.165, 1.54) is 167 Å². The normalized spacial score (nSPS) is 12.3. The summed E-state index contributed by atoms with van der Waals surface area (Å²) in [5.74, 6) is 0. The highest BCUT2D eigenvalue weighted by Crippen LogP contribution is 2.15. The highest BCUT2D eigenvalue weighted by atomic mass is 32.3. The quantitative estimate of drug-likeness (QED) is 0.0636. The molecule has 0 aliphatic rings. The van der Waals surface area contributed by atoms with Crippen LogP contribution in [0.5, 0.6) is 0 Å². The minimum Gasteiger partial charge on any atom is -0.214 e. The van der Waals surface area contributed by atoms with Gasteiger partial charge >= 0.3 is 0 Å². The molecule has 0 rings (SSSR count). The van der Waals surface area contributed by atoms with Crippen molar-refractivity contribution in [1.29, 1.82) is 0 Å². The van der Waals surface area contributed by atoms with Gasteiger partial charge < -0.3 is 0 Å². The molecular formula is C37H78N2O4S2. The van der Waals surface area contributed by atoms with Crippen LogP contribution in [-0.4, -0.2) is 35.0 Å². The van der Waals surface area contributed by atoms with Crippen molar-refractivity contribution in [3.05, 3.63) is 0 Å². The molecule has 0 aromatic carbocycles. The topological polar surface area (TPSA) is 92.3 Å². The molecule has 0 saturated heterocycles. The van der Waals surface area contributed by atoms with Gasteiger partial charge in [0.25, 0.3) is 0 Å². The second kappa shape index (κ2) is 33.7. The number of rotatable bonds is 38. The summed E-state index contributed by atoms with van der Waals surface area (Å²) < 4.78 is 54.0. The van der Waals surface area contributed by atoms with E-state index >= 15 is 0 Å². The predicted octanol–water partition coefficient (Wildman–Crippen LogP) is 11.3. The molecule has 0 bridgehead atoms. The summed E-state index contributed by atoms with van der Waals surface area (Å²) in [7, 11) is -7.67. The van der Waals surface area contributed by atoms with E-state index in [0.717, 1.165) is 38.5 Å². The molecule has 0 amide bonds. The van der Waals surface area contributed by atoms with Crippen molar-refractivity contribution in [1.82, 2.24) is 9.44 Å². The lowest BCUT2D eigenvalue weighted by molar-refractivity contribution is 0.527. The number of hydrogen-bond acceptors (Lipinski definition) is 4. The van der Waals surface area contributed by atoms with Crippen molar-refractivity contribution in [3.63, 3.8) is 0 Å². The Morgan fingerprint density at radius 3 is 0.667 bits per heavy atom. The van der Waals surface area contributed by atoms with Gasteiger partial charge in [0, 0.05) is 13.1 Å². The molecule has 0 saturated carbocycles. The predicted molar refractivity (Wildman–Crippen MR) is 198 cm³/mol. The van der Waals surface area contributed by atoms with Crippen molar-refractivity contribution < 1.29 is 16.8 Å². The van der Waals surface area contributed by atoms with Crippen LogP contribution in [0.25, 0.3) is 0 Å². The number of unbranched alkanes of at least 4 members (excludes halogenated alkanes) is 30. The van der Waals surface area contributed by atoms with Gasteiger partial charge in [0.15, 0.2) is 5.08 Å². The fraction of sp³-hybridized carbons (Fsp3) is 1.00. The first-order chi connectivity index (χ1) is 21.8. The molecule has 272 valence electrons. The maximum atomic E-state index is 12.3. The molecule has 0 unspecified atom stereocenters. The average Bonchev–Trinajstić information content (AvgIpc) is 2.99. The lowest BCUT2D eigenvalue weighted by Gasteiger charge is -2.09. The summed E-state index contributed by atoms with van der Waals surface area (Å²) in [6, 6.07) is 0. The van der Waals surface area contributed by atoms with Crippen LogP contribution in [0.15, 0.2) is 0 Å². The highest BCUT2D eigenvalue weighted by molar-refractivity contribution is 8.06. The maximum Gasteiger partial charge on any atom is 0.227 e. The molecule has 0 aliphatic heterocycles. The van der Waals surface area contributed by atoms with Gasteiger partial charge in [-0.15, -0.1) is 0 Å². The molecule has 0 atom stereocenters. The lowest BCUT2D eigenvalue weighted by Crippen LogP contribution is -2.36. The van der Waals surface area contributed by atoms with E-state index in [2.05, 4.69) is 23.3 Å². The Hall–Kier alpha value is -0.180. The Kier molecular flexibility index (Phi) is 33.6. The van der Waals surface area contributed by atoms with Gasteiger partial charge in [-0.3, -0.25) is 0 Å². The Morgan fingerprint density at radius 2 is 0.467 bits per heavy atom. The molecule has 45 heavy (non-hydrogen) atoms. The zero-order valence-electron chi connectivity index (χ0n) is 30.2. The summed E-state index contributed by atoms with van der Waals surface area (Å²) >= 11 is 0. The van der Waals surface area contributed by atoms with Crippen LogP contribution in [0.2, 0.25) is 0 Å². The van der Waals surface area contributed by atoms with Crippen LogP contribution in [0.3, 0.4) is 0 Å². The maximum absolute atomic E-state index is 12.3. The second-order valence-corrected chi connectivity index (χ2v) is 17.7. The summed E-state index contributed by atoms with van der Waals surface area (Å²) in [4.78, 5) is 0. The Balaban J connectivity index is 3.52. The van der Waals surface area contributed by atoms with Crippen molar-refractivity contribution in [2.75, 3.05) is 18.2 Å². The highest BCUT2D eigenvalue weighted by Gasteiger charge is 2.21. The molecule has 0 spiro atoms. The van der Waals surface area contributed by atoms with Crippen LogP contribution in [0.4, 0.5) is 0 Å². The zero-order valence-corrected chi connectivity index (χ0v) is 31.8. The van der Waals surface area contributed by atoms with Crippen LogP contribution in [0, 0.1) is 0 Å². The third-order valence-corrected chi connectivity index (χ3v) is 12.8. The summed E-state index contributed by atoms with van der Waals surface area (Å²) in [6.07, 6.45) is 40.7. The van der Waals surface area contributed by atoms with Gasteiger partial charge in [0.1, 0.15) is 0 Å². The van der Waals surface area contributed by atoms with Crippen molar-refractivity contribution >= 4 is 20.0 Å². The molecule has 0 aliphatic carbocycles. The first-order valence-electron chi connectivity index (χ1n) is 19.8. The summed E-state index contributed by atoms with van der Waals surface area (Å²) in [6.45, 7) is 5.16. The standard InChI is InChI=1S/C37H78N2O4S2/c1-3-5-7-9-11-13-15-17-19-21-23-25-27-29-31-33-35-38-44(40,41)37-45(42,43)39-36-34-32-30-28-26-24-22-20-18-16-14-12-10-8-6-4-2/h38-39H,3-37H2,1-2H3. The third kappa shape index (κ3) is 36.5.